The van der Waals surface area contributed by atoms with Crippen LogP contribution in [0.3, 0.4) is 0 Å². The van der Waals surface area contributed by atoms with Gasteiger partial charge in [-0.15, -0.1) is 11.3 Å². The second-order valence-corrected chi connectivity index (χ2v) is 5.76. The summed E-state index contributed by atoms with van der Waals surface area (Å²) in [6, 6.07) is 6.81. The summed E-state index contributed by atoms with van der Waals surface area (Å²) >= 11 is 7.14. The van der Waals surface area contributed by atoms with E-state index in [1.54, 1.807) is 35.7 Å². The molecule has 0 fully saturated rings. The third-order valence-electron chi connectivity index (χ3n) is 2.80. The molecule has 0 aliphatic rings. The first kappa shape index (κ1) is 15.3. The molecule has 1 aromatic heterocycles. The van der Waals surface area contributed by atoms with Crippen LogP contribution in [-0.4, -0.2) is 17.1 Å². The van der Waals surface area contributed by atoms with E-state index < -0.39 is 18.0 Å². The van der Waals surface area contributed by atoms with Gasteiger partial charge < -0.3 is 15.7 Å². The number of urea groups is 1. The highest BCUT2D eigenvalue weighted by molar-refractivity contribution is 7.10. The van der Waals surface area contributed by atoms with Crippen molar-refractivity contribution in [3.63, 3.8) is 0 Å². The summed E-state index contributed by atoms with van der Waals surface area (Å²) in [5.74, 6) is -1.12. The molecule has 0 radical (unpaired) electrons. The monoisotopic (exact) mass is 324 g/mol. The van der Waals surface area contributed by atoms with Gasteiger partial charge in [-0.25, -0.2) is 9.59 Å². The maximum absolute atomic E-state index is 12.0. The molecule has 1 heterocycles. The zero-order valence-electron chi connectivity index (χ0n) is 11.1. The molecule has 7 heteroatoms. The lowest BCUT2D eigenvalue weighted by molar-refractivity contribution is -0.139. The van der Waals surface area contributed by atoms with Gasteiger partial charge in [-0.1, -0.05) is 23.7 Å². The van der Waals surface area contributed by atoms with Gasteiger partial charge >= 0.3 is 12.0 Å². The van der Waals surface area contributed by atoms with Crippen LogP contribution >= 0.6 is 22.9 Å². The fourth-order valence-corrected chi connectivity index (χ4v) is 2.67. The summed E-state index contributed by atoms with van der Waals surface area (Å²) in [6.07, 6.45) is 0. The fraction of sp³-hybridized carbons (Fsp3) is 0.143. The molecule has 0 saturated heterocycles. The van der Waals surface area contributed by atoms with Crippen molar-refractivity contribution in [1.82, 2.24) is 5.32 Å². The van der Waals surface area contributed by atoms with Crippen molar-refractivity contribution < 1.29 is 14.7 Å². The lowest BCUT2D eigenvalue weighted by Gasteiger charge is -2.15. The number of carbonyl (C=O) groups excluding carboxylic acids is 1. The molecule has 3 N–H and O–H groups in total. The van der Waals surface area contributed by atoms with Crippen LogP contribution in [0.5, 0.6) is 0 Å². The standard InChI is InChI=1S/C14H13ClN2O3S/c1-8-4-5-9(15)7-10(8)16-14(20)17-12(13(18)19)11-3-2-6-21-11/h2-7,12H,1H3,(H,18,19)(H2,16,17,20). The van der Waals surface area contributed by atoms with Gasteiger partial charge in [-0.3, -0.25) is 0 Å². The molecule has 2 aromatic rings. The Kier molecular flexibility index (Phi) is 4.82. The first-order chi connectivity index (χ1) is 9.97. The molecule has 1 unspecified atom stereocenters. The Labute approximate surface area is 130 Å². The summed E-state index contributed by atoms with van der Waals surface area (Å²) in [5.41, 5.74) is 1.37. The molecular formula is C14H13ClN2O3S. The molecule has 5 nitrogen and oxygen atoms in total. The van der Waals surface area contributed by atoms with E-state index in [9.17, 15) is 14.7 Å². The zero-order chi connectivity index (χ0) is 15.4. The van der Waals surface area contributed by atoms with Crippen molar-refractivity contribution in [2.75, 3.05) is 5.32 Å². The Balaban J connectivity index is 2.10. The summed E-state index contributed by atoms with van der Waals surface area (Å²) in [7, 11) is 0. The van der Waals surface area contributed by atoms with Crippen LogP contribution in [0.2, 0.25) is 5.02 Å². The normalized spacial score (nSPS) is 11.7. The number of rotatable bonds is 4. The maximum Gasteiger partial charge on any atom is 0.331 e. The highest BCUT2D eigenvalue weighted by Gasteiger charge is 2.23. The molecule has 1 aromatic carbocycles. The SMILES string of the molecule is Cc1ccc(Cl)cc1NC(=O)NC(C(=O)O)c1cccs1. The summed E-state index contributed by atoms with van der Waals surface area (Å²) < 4.78 is 0. The molecule has 0 bridgehead atoms. The van der Waals surface area contributed by atoms with Crippen molar-refractivity contribution in [1.29, 1.82) is 0 Å². The Hall–Kier alpha value is -2.05. The average molecular weight is 325 g/mol. The van der Waals surface area contributed by atoms with Crippen LogP contribution in [-0.2, 0) is 4.79 Å². The molecule has 0 aliphatic carbocycles. The van der Waals surface area contributed by atoms with Gasteiger partial charge in [0, 0.05) is 15.6 Å². The van der Waals surface area contributed by atoms with E-state index in [2.05, 4.69) is 10.6 Å². The number of benzene rings is 1. The lowest BCUT2D eigenvalue weighted by Crippen LogP contribution is -2.36. The van der Waals surface area contributed by atoms with E-state index in [0.717, 1.165) is 5.56 Å². The van der Waals surface area contributed by atoms with Gasteiger partial charge in [0.25, 0.3) is 0 Å². The number of aryl methyl sites for hydroxylation is 1. The molecule has 21 heavy (non-hydrogen) atoms. The van der Waals surface area contributed by atoms with Crippen LogP contribution in [0.25, 0.3) is 0 Å². The molecule has 110 valence electrons. The van der Waals surface area contributed by atoms with Gasteiger partial charge in [0.05, 0.1) is 0 Å². The van der Waals surface area contributed by atoms with E-state index in [1.165, 1.54) is 11.3 Å². The second-order valence-electron chi connectivity index (χ2n) is 4.34. The smallest absolute Gasteiger partial charge is 0.331 e. The zero-order valence-corrected chi connectivity index (χ0v) is 12.7. The summed E-state index contributed by atoms with van der Waals surface area (Å²) in [5, 5.41) is 16.5. The molecule has 2 amide bonds. The number of hydrogen-bond donors (Lipinski definition) is 3. The number of halogens is 1. The lowest BCUT2D eigenvalue weighted by atomic mass is 10.2. The minimum absolute atomic E-state index is 0.490. The summed E-state index contributed by atoms with van der Waals surface area (Å²) in [6.45, 7) is 1.82. The van der Waals surface area contributed by atoms with Crippen molar-refractivity contribution in [3.05, 3.63) is 51.2 Å². The van der Waals surface area contributed by atoms with E-state index in [4.69, 9.17) is 11.6 Å². The predicted molar refractivity (Wildman–Crippen MR) is 83.0 cm³/mol. The van der Waals surface area contributed by atoms with Crippen molar-refractivity contribution in [2.45, 2.75) is 13.0 Å². The average Bonchev–Trinajstić information content (AvgIpc) is 2.93. The largest absolute Gasteiger partial charge is 0.479 e. The van der Waals surface area contributed by atoms with Gasteiger partial charge in [-0.2, -0.15) is 0 Å². The van der Waals surface area contributed by atoms with E-state index in [-0.39, 0.29) is 0 Å². The Bertz CT molecular complexity index is 658. The maximum atomic E-state index is 12.0. The number of hydrogen-bond acceptors (Lipinski definition) is 3. The van der Waals surface area contributed by atoms with Gasteiger partial charge in [-0.05, 0) is 36.1 Å². The first-order valence-electron chi connectivity index (χ1n) is 6.07. The highest BCUT2D eigenvalue weighted by atomic mass is 35.5. The highest BCUT2D eigenvalue weighted by Crippen LogP contribution is 2.22. The van der Waals surface area contributed by atoms with Crippen LogP contribution in [0.4, 0.5) is 10.5 Å². The number of carboxylic acids is 1. The molecule has 2 rings (SSSR count). The predicted octanol–water partition coefficient (Wildman–Crippen LogP) is 3.66. The number of carbonyl (C=O) groups is 2. The molecular weight excluding hydrogens is 312 g/mol. The number of anilines is 1. The Morgan fingerprint density at radius 2 is 2.10 bits per heavy atom. The quantitative estimate of drug-likeness (QED) is 0.803. The minimum Gasteiger partial charge on any atom is -0.479 e. The van der Waals surface area contributed by atoms with E-state index in [1.807, 2.05) is 6.92 Å². The molecule has 0 saturated carbocycles. The van der Waals surface area contributed by atoms with Crippen molar-refractivity contribution in [2.24, 2.45) is 0 Å². The Morgan fingerprint density at radius 3 is 2.71 bits per heavy atom. The molecule has 1 atom stereocenters. The Morgan fingerprint density at radius 1 is 1.33 bits per heavy atom. The number of nitrogens with one attached hydrogen (secondary N) is 2. The van der Waals surface area contributed by atoms with Crippen molar-refractivity contribution in [3.8, 4) is 0 Å². The van der Waals surface area contributed by atoms with Crippen LogP contribution < -0.4 is 10.6 Å². The second kappa shape index (κ2) is 6.60. The number of aliphatic carboxylic acids is 1. The van der Waals surface area contributed by atoms with E-state index in [0.29, 0.717) is 15.6 Å². The van der Waals surface area contributed by atoms with Gasteiger partial charge in [0.2, 0.25) is 0 Å². The molecule has 0 aliphatic heterocycles. The first-order valence-corrected chi connectivity index (χ1v) is 7.33. The van der Waals surface area contributed by atoms with Gasteiger partial charge in [0.1, 0.15) is 0 Å². The molecule has 0 spiro atoms. The third-order valence-corrected chi connectivity index (χ3v) is 3.97. The summed E-state index contributed by atoms with van der Waals surface area (Å²) in [4.78, 5) is 23.8. The van der Waals surface area contributed by atoms with E-state index >= 15 is 0 Å². The fourth-order valence-electron chi connectivity index (χ4n) is 1.73. The van der Waals surface area contributed by atoms with Crippen LogP contribution in [0, 0.1) is 6.92 Å². The van der Waals surface area contributed by atoms with Crippen LogP contribution in [0.1, 0.15) is 16.5 Å². The number of thiophene rings is 1. The third kappa shape index (κ3) is 3.96. The number of amides is 2. The van der Waals surface area contributed by atoms with Crippen molar-refractivity contribution >= 4 is 40.6 Å². The van der Waals surface area contributed by atoms with Crippen LogP contribution in [0.15, 0.2) is 35.7 Å². The topological polar surface area (TPSA) is 78.4 Å². The number of carboxylic acid groups (broad SMARTS) is 1. The minimum atomic E-state index is -1.12. The van der Waals surface area contributed by atoms with Gasteiger partial charge in [0.15, 0.2) is 6.04 Å².